The van der Waals surface area contributed by atoms with Crippen LogP contribution in [0.3, 0.4) is 0 Å². The maximum atomic E-state index is 5.71. The molecule has 0 spiro atoms. The van der Waals surface area contributed by atoms with E-state index in [4.69, 9.17) is 5.73 Å². The zero-order valence-corrected chi connectivity index (χ0v) is 12.7. The van der Waals surface area contributed by atoms with Crippen molar-refractivity contribution in [3.63, 3.8) is 0 Å². The zero-order valence-electron chi connectivity index (χ0n) is 12.7. The molecule has 1 rings (SSSR count). The number of nitrogens with one attached hydrogen (secondary N) is 1. The first-order valence-electron chi connectivity index (χ1n) is 6.88. The molecule has 3 N–H and O–H groups in total. The molecule has 0 aliphatic carbocycles. The van der Waals surface area contributed by atoms with E-state index in [1.54, 1.807) is 0 Å². The highest BCUT2D eigenvalue weighted by atomic mass is 14.9. The molecule has 2 heteroatoms. The second-order valence-corrected chi connectivity index (χ2v) is 5.50. The Labute approximate surface area is 112 Å². The number of hydrogen-bond donors (Lipinski definition) is 2. The van der Waals surface area contributed by atoms with Gasteiger partial charge in [0.05, 0.1) is 0 Å². The van der Waals surface area contributed by atoms with Crippen LogP contribution < -0.4 is 11.1 Å². The third kappa shape index (κ3) is 2.93. The Bertz CT molecular complexity index is 384. The number of aryl methyl sites for hydroxylation is 2. The molecule has 0 radical (unpaired) electrons. The molecule has 2 nitrogen and oxygen atoms in total. The molecule has 0 saturated carbocycles. The van der Waals surface area contributed by atoms with Crippen LogP contribution in [0.25, 0.3) is 0 Å². The number of hydrogen-bond acceptors (Lipinski definition) is 2. The maximum absolute atomic E-state index is 5.71. The zero-order chi connectivity index (χ0) is 13.9. The third-order valence-electron chi connectivity index (χ3n) is 4.24. The van der Waals surface area contributed by atoms with Crippen molar-refractivity contribution in [3.8, 4) is 0 Å². The predicted octanol–water partition coefficient (Wildman–Crippen LogP) is 3.17. The highest BCUT2D eigenvalue weighted by Crippen LogP contribution is 2.32. The Morgan fingerprint density at radius 1 is 1.11 bits per heavy atom. The molecule has 18 heavy (non-hydrogen) atoms. The molecule has 0 heterocycles. The number of nitrogens with two attached hydrogens (primary N) is 1. The first-order valence-corrected chi connectivity index (χ1v) is 6.88. The maximum Gasteiger partial charge on any atom is 0.0349 e. The van der Waals surface area contributed by atoms with E-state index in [0.29, 0.717) is 12.0 Å². The van der Waals surface area contributed by atoms with E-state index < -0.39 is 0 Å². The van der Waals surface area contributed by atoms with Gasteiger partial charge in [0.2, 0.25) is 0 Å². The predicted molar refractivity (Wildman–Crippen MR) is 80.0 cm³/mol. The van der Waals surface area contributed by atoms with E-state index >= 15 is 0 Å². The first-order chi connectivity index (χ1) is 8.43. The van der Waals surface area contributed by atoms with Crippen LogP contribution >= 0.6 is 0 Å². The molecule has 0 aliphatic heterocycles. The van der Waals surface area contributed by atoms with E-state index in [9.17, 15) is 0 Å². The van der Waals surface area contributed by atoms with Crippen LogP contribution in [0.1, 0.15) is 47.2 Å². The van der Waals surface area contributed by atoms with Crippen LogP contribution in [-0.4, -0.2) is 13.6 Å². The van der Waals surface area contributed by atoms with Crippen LogP contribution in [-0.2, 0) is 0 Å². The smallest absolute Gasteiger partial charge is 0.0349 e. The molecular weight excluding hydrogens is 220 g/mol. The van der Waals surface area contributed by atoms with Crippen LogP contribution in [0.4, 0.5) is 0 Å². The summed E-state index contributed by atoms with van der Waals surface area (Å²) < 4.78 is 0. The van der Waals surface area contributed by atoms with Crippen molar-refractivity contribution < 1.29 is 0 Å². The molecule has 0 aliphatic rings. The fourth-order valence-electron chi connectivity index (χ4n) is 2.86. The van der Waals surface area contributed by atoms with Gasteiger partial charge in [0.25, 0.3) is 0 Å². The van der Waals surface area contributed by atoms with Crippen molar-refractivity contribution in [2.45, 2.75) is 47.1 Å². The van der Waals surface area contributed by atoms with Crippen molar-refractivity contribution in [1.82, 2.24) is 5.32 Å². The molecule has 1 aromatic rings. The average molecular weight is 248 g/mol. The van der Waals surface area contributed by atoms with E-state index in [1.807, 2.05) is 7.05 Å². The summed E-state index contributed by atoms with van der Waals surface area (Å²) in [6.07, 6.45) is 1.05. The SMILES string of the molecule is CNC(c1c(C)c(C)cc(C)c1C)C(C)CCN. The van der Waals surface area contributed by atoms with Crippen molar-refractivity contribution in [2.24, 2.45) is 11.7 Å². The second-order valence-electron chi connectivity index (χ2n) is 5.50. The summed E-state index contributed by atoms with van der Waals surface area (Å²) in [6, 6.07) is 2.68. The molecule has 2 atom stereocenters. The standard InChI is InChI=1S/C16H28N2/c1-10(7-8-17)16(18-6)15-13(4)11(2)9-12(3)14(15)5/h9-10,16,18H,7-8,17H2,1-6H3. The highest BCUT2D eigenvalue weighted by Gasteiger charge is 2.22. The quantitative estimate of drug-likeness (QED) is 0.840. The largest absolute Gasteiger partial charge is 0.330 e. The van der Waals surface area contributed by atoms with Gasteiger partial charge >= 0.3 is 0 Å². The lowest BCUT2D eigenvalue weighted by Crippen LogP contribution is -2.27. The Kier molecular flexibility index (Phi) is 5.36. The summed E-state index contributed by atoms with van der Waals surface area (Å²) >= 11 is 0. The normalized spacial score (nSPS) is 14.6. The van der Waals surface area contributed by atoms with Gasteiger partial charge in [-0.2, -0.15) is 0 Å². The van der Waals surface area contributed by atoms with Crippen molar-refractivity contribution in [2.75, 3.05) is 13.6 Å². The molecule has 0 aromatic heterocycles. The van der Waals surface area contributed by atoms with Crippen LogP contribution in [0.5, 0.6) is 0 Å². The summed E-state index contributed by atoms with van der Waals surface area (Å²) in [7, 11) is 2.05. The third-order valence-corrected chi connectivity index (χ3v) is 4.24. The van der Waals surface area contributed by atoms with Gasteiger partial charge in [-0.25, -0.2) is 0 Å². The molecule has 0 saturated heterocycles. The topological polar surface area (TPSA) is 38.0 Å². The van der Waals surface area contributed by atoms with Crippen LogP contribution in [0.15, 0.2) is 6.07 Å². The lowest BCUT2D eigenvalue weighted by atomic mass is 9.83. The van der Waals surface area contributed by atoms with Gasteiger partial charge in [-0.1, -0.05) is 13.0 Å². The van der Waals surface area contributed by atoms with Crippen LogP contribution in [0.2, 0.25) is 0 Å². The molecule has 0 bridgehead atoms. The number of benzene rings is 1. The molecule has 102 valence electrons. The molecule has 0 fully saturated rings. The lowest BCUT2D eigenvalue weighted by Gasteiger charge is -2.28. The molecule has 2 unspecified atom stereocenters. The fraction of sp³-hybridized carbons (Fsp3) is 0.625. The van der Waals surface area contributed by atoms with Crippen molar-refractivity contribution in [1.29, 1.82) is 0 Å². The van der Waals surface area contributed by atoms with Gasteiger partial charge < -0.3 is 11.1 Å². The average Bonchev–Trinajstić information content (AvgIpc) is 2.32. The number of rotatable bonds is 5. The Morgan fingerprint density at radius 3 is 2.00 bits per heavy atom. The first kappa shape index (κ1) is 15.2. The summed E-state index contributed by atoms with van der Waals surface area (Å²) in [5.41, 5.74) is 12.8. The summed E-state index contributed by atoms with van der Waals surface area (Å²) in [6.45, 7) is 11.9. The minimum Gasteiger partial charge on any atom is -0.330 e. The Balaban J connectivity index is 3.28. The minimum absolute atomic E-state index is 0.396. The Hall–Kier alpha value is -0.860. The lowest BCUT2D eigenvalue weighted by molar-refractivity contribution is 0.389. The monoisotopic (exact) mass is 248 g/mol. The minimum atomic E-state index is 0.396. The van der Waals surface area contributed by atoms with Crippen molar-refractivity contribution in [3.05, 3.63) is 33.9 Å². The second kappa shape index (κ2) is 6.35. The van der Waals surface area contributed by atoms with Gasteiger partial charge in [0.15, 0.2) is 0 Å². The van der Waals surface area contributed by atoms with E-state index in [2.05, 4.69) is 46.0 Å². The van der Waals surface area contributed by atoms with Gasteiger partial charge in [0.1, 0.15) is 0 Å². The van der Waals surface area contributed by atoms with Gasteiger partial charge in [0, 0.05) is 6.04 Å². The van der Waals surface area contributed by atoms with E-state index in [-0.39, 0.29) is 0 Å². The summed E-state index contributed by atoms with van der Waals surface area (Å²) in [4.78, 5) is 0. The van der Waals surface area contributed by atoms with Gasteiger partial charge in [-0.3, -0.25) is 0 Å². The summed E-state index contributed by atoms with van der Waals surface area (Å²) in [5.74, 6) is 0.554. The van der Waals surface area contributed by atoms with E-state index in [1.165, 1.54) is 27.8 Å². The molecule has 0 amide bonds. The molecule has 1 aromatic carbocycles. The van der Waals surface area contributed by atoms with Gasteiger partial charge in [-0.15, -0.1) is 0 Å². The molecular formula is C16H28N2. The fourth-order valence-corrected chi connectivity index (χ4v) is 2.86. The van der Waals surface area contributed by atoms with E-state index in [0.717, 1.165) is 13.0 Å². The summed E-state index contributed by atoms with van der Waals surface area (Å²) in [5, 5.41) is 3.48. The Morgan fingerprint density at radius 2 is 1.61 bits per heavy atom. The van der Waals surface area contributed by atoms with Crippen molar-refractivity contribution >= 4 is 0 Å². The van der Waals surface area contributed by atoms with Crippen LogP contribution in [0, 0.1) is 33.6 Å². The van der Waals surface area contributed by atoms with Gasteiger partial charge in [-0.05, 0) is 81.4 Å². The highest BCUT2D eigenvalue weighted by molar-refractivity contribution is 5.45.